The molecule has 0 saturated heterocycles. The Morgan fingerprint density at radius 3 is 2.66 bits per heavy atom. The predicted molar refractivity (Wildman–Crippen MR) is 128 cm³/mol. The molecule has 7 nitrogen and oxygen atoms in total. The number of halogens is 1. The summed E-state index contributed by atoms with van der Waals surface area (Å²) < 4.78 is 2.03. The van der Waals surface area contributed by atoms with Gasteiger partial charge in [0.25, 0.3) is 0 Å². The van der Waals surface area contributed by atoms with Crippen molar-refractivity contribution < 1.29 is 0 Å². The number of anilines is 1. The number of aromatic amines is 1. The Labute approximate surface area is 194 Å². The third-order valence-corrected chi connectivity index (χ3v) is 6.09. The van der Waals surface area contributed by atoms with Gasteiger partial charge in [-0.15, -0.1) is 10.2 Å². The molecule has 5 aromatic rings. The van der Waals surface area contributed by atoms with Gasteiger partial charge in [-0.1, -0.05) is 41.6 Å². The lowest BCUT2D eigenvalue weighted by molar-refractivity contribution is 0.838. The smallest absolute Gasteiger partial charge is 0.196 e. The van der Waals surface area contributed by atoms with E-state index < -0.39 is 0 Å². The number of thioether (sulfide) groups is 1. The van der Waals surface area contributed by atoms with Gasteiger partial charge in [0.2, 0.25) is 0 Å². The zero-order valence-electron chi connectivity index (χ0n) is 17.3. The van der Waals surface area contributed by atoms with Crippen LogP contribution in [0.1, 0.15) is 17.2 Å². The number of H-pyrrole nitrogens is 1. The van der Waals surface area contributed by atoms with Crippen molar-refractivity contribution in [3.05, 3.63) is 89.1 Å². The summed E-state index contributed by atoms with van der Waals surface area (Å²) in [7, 11) is 0. The summed E-state index contributed by atoms with van der Waals surface area (Å²) in [4.78, 5) is 12.4. The zero-order chi connectivity index (χ0) is 21.9. The van der Waals surface area contributed by atoms with Gasteiger partial charge in [0.05, 0.1) is 23.3 Å². The molecule has 0 amide bonds. The number of benzene rings is 2. The van der Waals surface area contributed by atoms with E-state index in [2.05, 4.69) is 30.5 Å². The molecule has 160 valence electrons. The van der Waals surface area contributed by atoms with Gasteiger partial charge in [0.1, 0.15) is 11.6 Å². The summed E-state index contributed by atoms with van der Waals surface area (Å²) in [5, 5.41) is 13.7. The number of para-hydroxylation sites is 2. The number of rotatable bonds is 7. The molecule has 0 aliphatic carbocycles. The summed E-state index contributed by atoms with van der Waals surface area (Å²) in [5.74, 6) is 3.11. The summed E-state index contributed by atoms with van der Waals surface area (Å²) in [5.41, 5.74) is 4.04. The van der Waals surface area contributed by atoms with Gasteiger partial charge in [-0.05, 0) is 55.0 Å². The number of aromatic nitrogens is 6. The van der Waals surface area contributed by atoms with Crippen LogP contribution in [0.15, 0.2) is 72.0 Å². The largest absolute Gasteiger partial charge is 0.363 e. The van der Waals surface area contributed by atoms with E-state index in [0.29, 0.717) is 17.3 Å². The molecule has 0 atom stereocenters. The van der Waals surface area contributed by atoms with Crippen LogP contribution in [0.3, 0.4) is 0 Å². The number of fused-ring (bicyclic) bond motifs is 1. The minimum atomic E-state index is 0.483. The Morgan fingerprint density at radius 1 is 1.03 bits per heavy atom. The minimum Gasteiger partial charge on any atom is -0.363 e. The molecule has 0 fully saturated rings. The third kappa shape index (κ3) is 4.46. The van der Waals surface area contributed by atoms with Crippen LogP contribution < -0.4 is 5.32 Å². The van der Waals surface area contributed by atoms with Crippen molar-refractivity contribution in [3.63, 3.8) is 0 Å². The molecule has 0 unspecified atom stereocenters. The standard InChI is InChI=1S/C23H20ClN7S/c1-15-6-11-20(25-12-15)26-13-22-29-30-23(31(22)17-9-7-16(24)8-10-17)32-14-21-27-18-4-2-3-5-19(18)28-21/h2-12H,13-14H2,1H3,(H,25,26)(H,27,28). The van der Waals surface area contributed by atoms with Gasteiger partial charge in [-0.3, -0.25) is 4.57 Å². The molecule has 3 heterocycles. The average Bonchev–Trinajstić information content (AvgIpc) is 3.41. The van der Waals surface area contributed by atoms with Crippen LogP contribution in [0.2, 0.25) is 5.02 Å². The number of nitrogens with one attached hydrogen (secondary N) is 2. The van der Waals surface area contributed by atoms with E-state index >= 15 is 0 Å². The second kappa shape index (κ2) is 9.02. The molecule has 0 aliphatic rings. The molecular weight excluding hydrogens is 442 g/mol. The first-order chi connectivity index (χ1) is 15.7. The van der Waals surface area contributed by atoms with Crippen molar-refractivity contribution in [2.24, 2.45) is 0 Å². The van der Waals surface area contributed by atoms with E-state index in [1.54, 1.807) is 11.8 Å². The highest BCUT2D eigenvalue weighted by Crippen LogP contribution is 2.26. The summed E-state index contributed by atoms with van der Waals surface area (Å²) in [6.45, 7) is 2.50. The number of nitrogens with zero attached hydrogens (tertiary/aromatic N) is 5. The number of hydrogen-bond donors (Lipinski definition) is 2. The first-order valence-electron chi connectivity index (χ1n) is 10.1. The highest BCUT2D eigenvalue weighted by molar-refractivity contribution is 7.98. The molecule has 32 heavy (non-hydrogen) atoms. The minimum absolute atomic E-state index is 0.483. The Bertz CT molecular complexity index is 1310. The number of pyridine rings is 1. The Kier molecular flexibility index (Phi) is 5.79. The Balaban J connectivity index is 1.40. The normalized spacial score (nSPS) is 11.2. The second-order valence-corrected chi connectivity index (χ2v) is 8.65. The van der Waals surface area contributed by atoms with Gasteiger partial charge in [-0.2, -0.15) is 0 Å². The van der Waals surface area contributed by atoms with Crippen LogP contribution >= 0.6 is 23.4 Å². The van der Waals surface area contributed by atoms with Crippen molar-refractivity contribution in [1.82, 2.24) is 29.7 Å². The van der Waals surface area contributed by atoms with E-state index in [1.165, 1.54) is 0 Å². The first kappa shape index (κ1) is 20.5. The second-order valence-electron chi connectivity index (χ2n) is 7.27. The van der Waals surface area contributed by atoms with Gasteiger partial charge in [0.15, 0.2) is 11.0 Å². The summed E-state index contributed by atoms with van der Waals surface area (Å²) in [6.07, 6.45) is 1.83. The molecule has 0 aliphatic heterocycles. The first-order valence-corrected chi connectivity index (χ1v) is 11.5. The molecule has 0 radical (unpaired) electrons. The van der Waals surface area contributed by atoms with E-state index in [-0.39, 0.29) is 0 Å². The van der Waals surface area contributed by atoms with Crippen LogP contribution in [0.4, 0.5) is 5.82 Å². The van der Waals surface area contributed by atoms with E-state index in [4.69, 9.17) is 11.6 Å². The van der Waals surface area contributed by atoms with Crippen molar-refractivity contribution in [2.75, 3.05) is 5.32 Å². The molecule has 3 aromatic heterocycles. The Hall–Kier alpha value is -3.36. The van der Waals surface area contributed by atoms with Crippen molar-refractivity contribution in [3.8, 4) is 5.69 Å². The van der Waals surface area contributed by atoms with Gasteiger partial charge < -0.3 is 10.3 Å². The van der Waals surface area contributed by atoms with Crippen molar-refractivity contribution in [1.29, 1.82) is 0 Å². The lowest BCUT2D eigenvalue weighted by Crippen LogP contribution is -2.09. The number of hydrogen-bond acceptors (Lipinski definition) is 6. The maximum absolute atomic E-state index is 6.11. The maximum atomic E-state index is 6.11. The van der Waals surface area contributed by atoms with Crippen LogP contribution in [-0.4, -0.2) is 29.7 Å². The van der Waals surface area contributed by atoms with E-state index in [0.717, 1.165) is 44.9 Å². The van der Waals surface area contributed by atoms with Gasteiger partial charge >= 0.3 is 0 Å². The van der Waals surface area contributed by atoms with E-state index in [1.807, 2.05) is 78.4 Å². The van der Waals surface area contributed by atoms with Crippen LogP contribution in [0, 0.1) is 6.92 Å². The molecule has 0 saturated carbocycles. The molecule has 0 spiro atoms. The quantitative estimate of drug-likeness (QED) is 0.315. The molecular formula is C23H20ClN7S. The number of aryl methyl sites for hydroxylation is 1. The maximum Gasteiger partial charge on any atom is 0.196 e. The molecule has 9 heteroatoms. The number of imidazole rings is 1. The van der Waals surface area contributed by atoms with Crippen molar-refractivity contribution in [2.45, 2.75) is 24.4 Å². The topological polar surface area (TPSA) is 84.3 Å². The molecule has 2 aromatic carbocycles. The fourth-order valence-electron chi connectivity index (χ4n) is 3.31. The van der Waals surface area contributed by atoms with Crippen LogP contribution in [0.25, 0.3) is 16.7 Å². The fourth-order valence-corrected chi connectivity index (χ4v) is 4.27. The summed E-state index contributed by atoms with van der Waals surface area (Å²) >= 11 is 7.69. The van der Waals surface area contributed by atoms with Gasteiger partial charge in [0, 0.05) is 16.9 Å². The third-order valence-electron chi connectivity index (χ3n) is 4.90. The average molecular weight is 462 g/mol. The van der Waals surface area contributed by atoms with E-state index in [9.17, 15) is 0 Å². The van der Waals surface area contributed by atoms with Crippen molar-refractivity contribution >= 4 is 40.2 Å². The SMILES string of the molecule is Cc1ccc(NCc2nnc(SCc3nc4ccccc4[nH]3)n2-c2ccc(Cl)cc2)nc1. The zero-order valence-corrected chi connectivity index (χ0v) is 18.9. The summed E-state index contributed by atoms with van der Waals surface area (Å²) in [6, 6.07) is 19.6. The molecule has 5 rings (SSSR count). The highest BCUT2D eigenvalue weighted by atomic mass is 35.5. The fraction of sp³-hybridized carbons (Fsp3) is 0.130. The Morgan fingerprint density at radius 2 is 1.88 bits per heavy atom. The monoisotopic (exact) mass is 461 g/mol. The highest BCUT2D eigenvalue weighted by Gasteiger charge is 2.16. The lowest BCUT2D eigenvalue weighted by atomic mass is 10.3. The van der Waals surface area contributed by atoms with Crippen LogP contribution in [-0.2, 0) is 12.3 Å². The van der Waals surface area contributed by atoms with Crippen LogP contribution in [0.5, 0.6) is 0 Å². The molecule has 2 N–H and O–H groups in total. The lowest BCUT2D eigenvalue weighted by Gasteiger charge is -2.11. The molecule has 0 bridgehead atoms. The predicted octanol–water partition coefficient (Wildman–Crippen LogP) is 5.40. The van der Waals surface area contributed by atoms with Gasteiger partial charge in [-0.25, -0.2) is 9.97 Å².